The van der Waals surface area contributed by atoms with E-state index in [1.165, 1.54) is 24.3 Å². The first-order valence-corrected chi connectivity index (χ1v) is 10.1. The number of hydrazone groups is 1. The first-order valence-electron chi connectivity index (χ1n) is 10.1. The van der Waals surface area contributed by atoms with Crippen LogP contribution in [0.25, 0.3) is 0 Å². The fraction of sp³-hybridized carbons (Fsp3) is 0.174. The number of rotatable bonds is 5. The first-order chi connectivity index (χ1) is 15.9. The molecule has 0 amide bonds. The zero-order chi connectivity index (χ0) is 23.1. The molecular formula is C23H18N4O6. The number of fused-ring (bicyclic) bond motifs is 3. The monoisotopic (exact) mass is 446 g/mol. The predicted octanol–water partition coefficient (Wildman–Crippen LogP) is 4.75. The van der Waals surface area contributed by atoms with Gasteiger partial charge in [-0.1, -0.05) is 12.1 Å². The van der Waals surface area contributed by atoms with Gasteiger partial charge in [-0.2, -0.15) is 5.10 Å². The maximum atomic E-state index is 11.4. The summed E-state index contributed by atoms with van der Waals surface area (Å²) < 4.78 is 11.4. The Morgan fingerprint density at radius 2 is 1.73 bits per heavy atom. The highest BCUT2D eigenvalue weighted by atomic mass is 16.6. The first kappa shape index (κ1) is 20.4. The summed E-state index contributed by atoms with van der Waals surface area (Å²) in [5.74, 6) is 1.21. The second-order valence-electron chi connectivity index (χ2n) is 7.68. The van der Waals surface area contributed by atoms with Gasteiger partial charge in [-0.05, 0) is 35.9 Å². The molecule has 0 spiro atoms. The Morgan fingerprint density at radius 1 is 1.00 bits per heavy atom. The van der Waals surface area contributed by atoms with Gasteiger partial charge in [0.05, 0.1) is 28.7 Å². The highest BCUT2D eigenvalue weighted by molar-refractivity contribution is 6.02. The van der Waals surface area contributed by atoms with Crippen LogP contribution in [0.1, 0.15) is 35.4 Å². The molecule has 0 radical (unpaired) electrons. The van der Waals surface area contributed by atoms with E-state index < -0.39 is 16.1 Å². The van der Waals surface area contributed by atoms with Crippen LogP contribution in [0.15, 0.2) is 71.8 Å². The van der Waals surface area contributed by atoms with Gasteiger partial charge in [0.2, 0.25) is 6.23 Å². The molecule has 10 heteroatoms. The van der Waals surface area contributed by atoms with Gasteiger partial charge >= 0.3 is 0 Å². The van der Waals surface area contributed by atoms with E-state index in [1.54, 1.807) is 30.3 Å². The molecule has 2 heterocycles. The van der Waals surface area contributed by atoms with Crippen LogP contribution in [-0.2, 0) is 0 Å². The molecule has 0 aliphatic carbocycles. The van der Waals surface area contributed by atoms with Gasteiger partial charge in [-0.15, -0.1) is 0 Å². The molecule has 5 rings (SSSR count). The smallest absolute Gasteiger partial charge is 0.270 e. The molecule has 0 bridgehead atoms. The van der Waals surface area contributed by atoms with Crippen molar-refractivity contribution in [3.05, 3.63) is 104 Å². The third-order valence-corrected chi connectivity index (χ3v) is 5.77. The second kappa shape index (κ2) is 7.90. The lowest BCUT2D eigenvalue weighted by molar-refractivity contribution is -0.385. The number of nitrogens with zero attached hydrogens (tertiary/aromatic N) is 4. The molecule has 2 atom stereocenters. The summed E-state index contributed by atoms with van der Waals surface area (Å²) in [5, 5.41) is 29.2. The summed E-state index contributed by atoms with van der Waals surface area (Å²) >= 11 is 0. The van der Waals surface area contributed by atoms with Crippen molar-refractivity contribution >= 4 is 17.1 Å². The lowest BCUT2D eigenvalue weighted by atomic mass is 9.95. The Bertz CT molecular complexity index is 1290. The minimum atomic E-state index is -0.723. The van der Waals surface area contributed by atoms with E-state index in [4.69, 9.17) is 14.6 Å². The van der Waals surface area contributed by atoms with Gasteiger partial charge in [0.25, 0.3) is 11.4 Å². The van der Waals surface area contributed by atoms with E-state index in [-0.39, 0.29) is 17.4 Å². The summed E-state index contributed by atoms with van der Waals surface area (Å²) in [7, 11) is 1.59. The Hall–Kier alpha value is -4.47. The average Bonchev–Trinajstić information content (AvgIpc) is 3.29. The van der Waals surface area contributed by atoms with Gasteiger partial charge in [0.1, 0.15) is 11.5 Å². The Labute approximate surface area is 188 Å². The van der Waals surface area contributed by atoms with Crippen molar-refractivity contribution in [3.63, 3.8) is 0 Å². The molecular weight excluding hydrogens is 428 g/mol. The molecule has 0 saturated carbocycles. The number of non-ortho nitro benzene ring substituents is 2. The number of methoxy groups -OCH3 is 1. The Morgan fingerprint density at radius 3 is 2.42 bits per heavy atom. The van der Waals surface area contributed by atoms with Gasteiger partial charge in [-0.25, -0.2) is 5.01 Å². The molecule has 0 saturated heterocycles. The quantitative estimate of drug-likeness (QED) is 0.409. The molecule has 2 aliphatic heterocycles. The SMILES string of the molecule is COc1ccc(C2=NN3[C@@H](C2)c2cc([N+](=O)[O-])ccc2O[C@H]3c2cccc([N+](=O)[O-])c2)cc1. The van der Waals surface area contributed by atoms with E-state index >= 15 is 0 Å². The summed E-state index contributed by atoms with van der Waals surface area (Å²) in [6.07, 6.45) is -0.227. The zero-order valence-corrected chi connectivity index (χ0v) is 17.5. The minimum absolute atomic E-state index is 0.0380. The number of benzene rings is 3. The molecule has 2 aliphatic rings. The lowest BCUT2D eigenvalue weighted by Gasteiger charge is -2.38. The summed E-state index contributed by atoms with van der Waals surface area (Å²) in [5.41, 5.74) is 2.79. The van der Waals surface area contributed by atoms with Crippen molar-refractivity contribution in [2.24, 2.45) is 5.10 Å². The highest BCUT2D eigenvalue weighted by Crippen LogP contribution is 2.48. The van der Waals surface area contributed by atoms with E-state index in [0.717, 1.165) is 11.3 Å². The van der Waals surface area contributed by atoms with E-state index in [0.29, 0.717) is 29.0 Å². The van der Waals surface area contributed by atoms with Crippen LogP contribution in [0.3, 0.4) is 0 Å². The number of nitro benzene ring substituents is 2. The topological polar surface area (TPSA) is 120 Å². The number of hydrogen-bond acceptors (Lipinski definition) is 8. The Balaban J connectivity index is 1.60. The van der Waals surface area contributed by atoms with Crippen LogP contribution >= 0.6 is 0 Å². The van der Waals surface area contributed by atoms with Crippen molar-refractivity contribution in [1.29, 1.82) is 0 Å². The Kier molecular flexibility index (Phi) is 4.89. The summed E-state index contributed by atoms with van der Waals surface area (Å²) in [4.78, 5) is 21.8. The average molecular weight is 446 g/mol. The highest BCUT2D eigenvalue weighted by Gasteiger charge is 2.42. The van der Waals surface area contributed by atoms with Gasteiger partial charge < -0.3 is 9.47 Å². The molecule has 3 aromatic carbocycles. The number of nitro groups is 2. The normalized spacial score (nSPS) is 18.6. The maximum absolute atomic E-state index is 11.4. The third-order valence-electron chi connectivity index (χ3n) is 5.77. The molecule has 0 aromatic heterocycles. The van der Waals surface area contributed by atoms with E-state index in [2.05, 4.69) is 0 Å². The molecule has 166 valence electrons. The van der Waals surface area contributed by atoms with Crippen molar-refractivity contribution in [2.75, 3.05) is 7.11 Å². The standard InChI is InChI=1S/C23H18N4O6/c1-32-18-8-5-14(6-9-18)20-13-21-19-12-17(27(30)31)7-10-22(19)33-23(25(21)24-20)15-3-2-4-16(11-15)26(28)29/h2-12,21,23H,13H2,1H3/t21-,23-/m0/s1. The zero-order valence-electron chi connectivity index (χ0n) is 17.5. The van der Waals surface area contributed by atoms with E-state index in [1.807, 2.05) is 24.3 Å². The predicted molar refractivity (Wildman–Crippen MR) is 118 cm³/mol. The van der Waals surface area contributed by atoms with Crippen LogP contribution in [0, 0.1) is 20.2 Å². The minimum Gasteiger partial charge on any atom is -0.497 e. The molecule has 0 N–H and O–H groups in total. The van der Waals surface area contributed by atoms with Crippen LogP contribution in [0.4, 0.5) is 11.4 Å². The summed E-state index contributed by atoms with van der Waals surface area (Å²) in [6, 6.07) is 17.8. The number of ether oxygens (including phenoxy) is 2. The molecule has 33 heavy (non-hydrogen) atoms. The van der Waals surface area contributed by atoms with Crippen molar-refractivity contribution in [2.45, 2.75) is 18.7 Å². The molecule has 0 unspecified atom stereocenters. The fourth-order valence-electron chi connectivity index (χ4n) is 4.16. The van der Waals surface area contributed by atoms with Crippen LogP contribution < -0.4 is 9.47 Å². The van der Waals surface area contributed by atoms with Crippen molar-refractivity contribution < 1.29 is 19.3 Å². The molecule has 0 fully saturated rings. The maximum Gasteiger partial charge on any atom is 0.270 e. The lowest BCUT2D eigenvalue weighted by Crippen LogP contribution is -2.33. The van der Waals surface area contributed by atoms with Crippen molar-refractivity contribution in [1.82, 2.24) is 5.01 Å². The van der Waals surface area contributed by atoms with Gasteiger partial charge in [0.15, 0.2) is 0 Å². The van der Waals surface area contributed by atoms with Crippen LogP contribution in [-0.4, -0.2) is 27.7 Å². The van der Waals surface area contributed by atoms with Crippen LogP contribution in [0.2, 0.25) is 0 Å². The van der Waals surface area contributed by atoms with Gasteiger partial charge in [-0.3, -0.25) is 20.2 Å². The third kappa shape index (κ3) is 3.61. The molecule has 3 aromatic rings. The molecule has 10 nitrogen and oxygen atoms in total. The van der Waals surface area contributed by atoms with E-state index in [9.17, 15) is 20.2 Å². The second-order valence-corrected chi connectivity index (χ2v) is 7.68. The fourth-order valence-corrected chi connectivity index (χ4v) is 4.16. The largest absolute Gasteiger partial charge is 0.497 e. The number of hydrogen-bond donors (Lipinski definition) is 0. The van der Waals surface area contributed by atoms with Gasteiger partial charge in [0, 0.05) is 41.8 Å². The van der Waals surface area contributed by atoms with Crippen molar-refractivity contribution in [3.8, 4) is 11.5 Å². The van der Waals surface area contributed by atoms with Crippen LogP contribution in [0.5, 0.6) is 11.5 Å². The summed E-state index contributed by atoms with van der Waals surface area (Å²) in [6.45, 7) is 0.